The molecule has 0 aromatic heterocycles. The molecule has 0 fully saturated rings. The van der Waals surface area contributed by atoms with Gasteiger partial charge in [-0.2, -0.15) is 0 Å². The van der Waals surface area contributed by atoms with Gasteiger partial charge in [-0.1, -0.05) is 13.3 Å². The van der Waals surface area contributed by atoms with E-state index >= 15 is 0 Å². The van der Waals surface area contributed by atoms with Gasteiger partial charge in [-0.05, 0) is 6.42 Å². The Labute approximate surface area is 68.2 Å². The zero-order valence-corrected chi connectivity index (χ0v) is 7.29. The third kappa shape index (κ3) is 2.42. The van der Waals surface area contributed by atoms with Gasteiger partial charge in [0.15, 0.2) is 0 Å². The van der Waals surface area contributed by atoms with E-state index in [4.69, 9.17) is 4.84 Å². The lowest BCUT2D eigenvalue weighted by atomic mass is 10.3. The monoisotopic (exact) mass is 156 g/mol. The molecular formula is C8H16N2O. The summed E-state index contributed by atoms with van der Waals surface area (Å²) in [5.41, 5.74) is 0. The molecule has 0 spiro atoms. The molecule has 0 aliphatic carbocycles. The van der Waals surface area contributed by atoms with Crippen LogP contribution in [0.2, 0.25) is 0 Å². The molecule has 0 N–H and O–H groups in total. The van der Waals surface area contributed by atoms with E-state index in [0.717, 1.165) is 13.2 Å². The fourth-order valence-corrected chi connectivity index (χ4v) is 1.07. The number of nitrogens with zero attached hydrogens (tertiary/aromatic N) is 2. The van der Waals surface area contributed by atoms with E-state index in [1.54, 1.807) is 7.11 Å². The second kappa shape index (κ2) is 4.23. The van der Waals surface area contributed by atoms with E-state index in [1.807, 2.05) is 11.3 Å². The summed E-state index contributed by atoms with van der Waals surface area (Å²) in [6.45, 7) is 4.21. The molecule has 0 amide bonds. The smallest absolute Gasteiger partial charge is 0.115 e. The molecule has 1 heterocycles. The van der Waals surface area contributed by atoms with Gasteiger partial charge < -0.3 is 4.90 Å². The zero-order chi connectivity index (χ0) is 8.10. The standard InChI is InChI=1S/C8H16N2O/c1-3-4-5-9-6-7-10(8-9)11-2/h6-7H,3-5,8H2,1-2H3. The minimum absolute atomic E-state index is 0.872. The lowest BCUT2D eigenvalue weighted by Gasteiger charge is -2.18. The van der Waals surface area contributed by atoms with Crippen molar-refractivity contribution < 1.29 is 4.84 Å². The molecule has 11 heavy (non-hydrogen) atoms. The van der Waals surface area contributed by atoms with Gasteiger partial charge in [0, 0.05) is 18.9 Å². The molecule has 3 nitrogen and oxygen atoms in total. The SMILES string of the molecule is CCCCN1C=CN(OC)C1. The maximum Gasteiger partial charge on any atom is 0.115 e. The van der Waals surface area contributed by atoms with Gasteiger partial charge in [0.1, 0.15) is 6.67 Å². The van der Waals surface area contributed by atoms with Crippen molar-refractivity contribution >= 4 is 0 Å². The normalized spacial score (nSPS) is 16.5. The fourth-order valence-electron chi connectivity index (χ4n) is 1.07. The third-order valence-corrected chi connectivity index (χ3v) is 1.80. The Morgan fingerprint density at radius 3 is 2.82 bits per heavy atom. The first kappa shape index (κ1) is 8.40. The van der Waals surface area contributed by atoms with Crippen LogP contribution in [0.15, 0.2) is 12.4 Å². The van der Waals surface area contributed by atoms with E-state index in [0.29, 0.717) is 0 Å². The number of unbranched alkanes of at least 4 members (excludes halogenated alkanes) is 1. The molecule has 0 atom stereocenters. The quantitative estimate of drug-likeness (QED) is 0.612. The van der Waals surface area contributed by atoms with E-state index in [-0.39, 0.29) is 0 Å². The number of rotatable bonds is 4. The highest BCUT2D eigenvalue weighted by atomic mass is 16.7. The van der Waals surface area contributed by atoms with Crippen LogP contribution in [-0.4, -0.2) is 30.3 Å². The van der Waals surface area contributed by atoms with Gasteiger partial charge in [-0.3, -0.25) is 4.84 Å². The average molecular weight is 156 g/mol. The Kier molecular flexibility index (Phi) is 3.23. The molecule has 1 aliphatic heterocycles. The van der Waals surface area contributed by atoms with Gasteiger partial charge in [-0.25, -0.2) is 5.06 Å². The molecule has 0 unspecified atom stereocenters. The highest BCUT2D eigenvalue weighted by Crippen LogP contribution is 2.06. The van der Waals surface area contributed by atoms with E-state index in [2.05, 4.69) is 18.0 Å². The number of hydrogen-bond donors (Lipinski definition) is 0. The molecule has 64 valence electrons. The maximum atomic E-state index is 5.03. The third-order valence-electron chi connectivity index (χ3n) is 1.80. The predicted molar refractivity (Wildman–Crippen MR) is 44.5 cm³/mol. The summed E-state index contributed by atoms with van der Waals surface area (Å²) in [6.07, 6.45) is 6.52. The van der Waals surface area contributed by atoms with Crippen LogP contribution in [0.5, 0.6) is 0 Å². The van der Waals surface area contributed by atoms with Crippen molar-refractivity contribution in [3.05, 3.63) is 12.4 Å². The maximum absolute atomic E-state index is 5.03. The van der Waals surface area contributed by atoms with Crippen LogP contribution in [0, 0.1) is 0 Å². The van der Waals surface area contributed by atoms with Crippen molar-refractivity contribution in [2.45, 2.75) is 19.8 Å². The van der Waals surface area contributed by atoms with Gasteiger partial charge in [-0.15, -0.1) is 0 Å². The molecule has 0 saturated carbocycles. The van der Waals surface area contributed by atoms with Crippen LogP contribution in [-0.2, 0) is 4.84 Å². The van der Waals surface area contributed by atoms with Gasteiger partial charge in [0.05, 0.1) is 7.11 Å². The minimum Gasteiger partial charge on any atom is -0.356 e. The molecule has 0 aromatic rings. The molecule has 1 aliphatic rings. The number of hydrogen-bond acceptors (Lipinski definition) is 3. The second-order valence-electron chi connectivity index (χ2n) is 2.71. The van der Waals surface area contributed by atoms with Crippen molar-refractivity contribution in [1.29, 1.82) is 0 Å². The summed E-state index contributed by atoms with van der Waals surface area (Å²) >= 11 is 0. The Balaban J connectivity index is 2.15. The summed E-state index contributed by atoms with van der Waals surface area (Å²) in [4.78, 5) is 7.27. The van der Waals surface area contributed by atoms with Gasteiger partial charge >= 0.3 is 0 Å². The molecular weight excluding hydrogens is 140 g/mol. The summed E-state index contributed by atoms with van der Waals surface area (Å²) in [5, 5.41) is 1.82. The van der Waals surface area contributed by atoms with Crippen LogP contribution in [0.1, 0.15) is 19.8 Å². The van der Waals surface area contributed by atoms with Gasteiger partial charge in [0.2, 0.25) is 0 Å². The van der Waals surface area contributed by atoms with E-state index in [9.17, 15) is 0 Å². The summed E-state index contributed by atoms with van der Waals surface area (Å²) in [7, 11) is 1.69. The lowest BCUT2D eigenvalue weighted by molar-refractivity contribution is -0.0978. The minimum atomic E-state index is 0.872. The Morgan fingerprint density at radius 1 is 1.45 bits per heavy atom. The Bertz CT molecular complexity index is 136. The van der Waals surface area contributed by atoms with Crippen LogP contribution in [0.3, 0.4) is 0 Å². The highest BCUT2D eigenvalue weighted by molar-refractivity contribution is 4.86. The van der Waals surface area contributed by atoms with Crippen molar-refractivity contribution in [2.24, 2.45) is 0 Å². The van der Waals surface area contributed by atoms with Crippen molar-refractivity contribution in [1.82, 2.24) is 9.96 Å². The first-order valence-corrected chi connectivity index (χ1v) is 4.10. The summed E-state index contributed by atoms with van der Waals surface area (Å²) < 4.78 is 0. The highest BCUT2D eigenvalue weighted by Gasteiger charge is 2.09. The van der Waals surface area contributed by atoms with Crippen LogP contribution >= 0.6 is 0 Å². The van der Waals surface area contributed by atoms with Crippen LogP contribution in [0.4, 0.5) is 0 Å². The van der Waals surface area contributed by atoms with E-state index < -0.39 is 0 Å². The molecule has 3 heteroatoms. The Morgan fingerprint density at radius 2 is 2.27 bits per heavy atom. The molecule has 0 radical (unpaired) electrons. The van der Waals surface area contributed by atoms with Crippen LogP contribution < -0.4 is 0 Å². The topological polar surface area (TPSA) is 15.7 Å². The average Bonchev–Trinajstić information content (AvgIpc) is 2.48. The largest absolute Gasteiger partial charge is 0.356 e. The molecule has 1 rings (SSSR count). The summed E-state index contributed by atoms with van der Waals surface area (Å²) in [5.74, 6) is 0. The van der Waals surface area contributed by atoms with Crippen molar-refractivity contribution in [2.75, 3.05) is 20.3 Å². The first-order valence-electron chi connectivity index (χ1n) is 4.10. The fraction of sp³-hybridized carbons (Fsp3) is 0.750. The first-order chi connectivity index (χ1) is 5.36. The van der Waals surface area contributed by atoms with E-state index in [1.165, 1.54) is 12.8 Å². The van der Waals surface area contributed by atoms with Gasteiger partial charge in [0.25, 0.3) is 0 Å². The van der Waals surface area contributed by atoms with Crippen molar-refractivity contribution in [3.8, 4) is 0 Å². The second-order valence-corrected chi connectivity index (χ2v) is 2.71. The van der Waals surface area contributed by atoms with Crippen molar-refractivity contribution in [3.63, 3.8) is 0 Å². The number of hydroxylamine groups is 2. The zero-order valence-electron chi connectivity index (χ0n) is 7.29. The summed E-state index contributed by atoms with van der Waals surface area (Å²) in [6, 6.07) is 0. The lowest BCUT2D eigenvalue weighted by Crippen LogP contribution is -2.25. The molecule has 0 aromatic carbocycles. The van der Waals surface area contributed by atoms with Crippen LogP contribution in [0.25, 0.3) is 0 Å². The Hall–Kier alpha value is -0.700. The molecule has 0 saturated heterocycles. The predicted octanol–water partition coefficient (Wildman–Crippen LogP) is 1.39. The molecule has 0 bridgehead atoms.